The Morgan fingerprint density at radius 1 is 0.225 bits per heavy atom. The van der Waals surface area contributed by atoms with Gasteiger partial charge in [-0.15, -0.1) is 0 Å². The van der Waals surface area contributed by atoms with Gasteiger partial charge in [0.15, 0.2) is 0 Å². The van der Waals surface area contributed by atoms with E-state index in [1.165, 1.54) is 144 Å². The van der Waals surface area contributed by atoms with Crippen LogP contribution >= 0.6 is 0 Å². The third-order valence-electron chi connectivity index (χ3n) is 27.5. The molecule has 2 heterocycles. The van der Waals surface area contributed by atoms with Crippen molar-refractivity contribution in [1.29, 1.82) is 0 Å². The summed E-state index contributed by atoms with van der Waals surface area (Å²) in [6, 6.07) is 162. The summed E-state index contributed by atoms with van der Waals surface area (Å²) in [5.41, 5.74) is 39.0. The number of hydrogen-bond acceptors (Lipinski definition) is 2. The van der Waals surface area contributed by atoms with E-state index in [4.69, 9.17) is 0 Å². The smallest absolute Gasteiger partial charge is 0.0720 e. The van der Waals surface area contributed by atoms with Gasteiger partial charge in [0.1, 0.15) is 0 Å². The zero-order valence-electron chi connectivity index (χ0n) is 67.0. The first-order valence-electron chi connectivity index (χ1n) is 42.2. The molecule has 2 spiro atoms. The molecule has 4 nitrogen and oxygen atoms in total. The molecule has 18 aromatic carbocycles. The van der Waals surface area contributed by atoms with Crippen LogP contribution in [-0.2, 0) is 28.1 Å². The first-order chi connectivity index (χ1) is 59.2. The molecule has 20 aromatic rings. The summed E-state index contributed by atoms with van der Waals surface area (Å²) < 4.78 is 4.89. The van der Waals surface area contributed by atoms with E-state index in [9.17, 15) is 0 Å². The lowest BCUT2D eigenvalue weighted by Gasteiger charge is -2.48. The molecule has 0 N–H and O–H groups in total. The van der Waals surface area contributed by atoms with Gasteiger partial charge >= 0.3 is 0 Å². The molecule has 24 rings (SSSR count). The zero-order chi connectivity index (χ0) is 79.6. The van der Waals surface area contributed by atoms with Crippen LogP contribution in [0.15, 0.2) is 431 Å². The second kappa shape index (κ2) is 26.6. The summed E-state index contributed by atoms with van der Waals surface area (Å²) in [6.45, 7) is 7.30. The summed E-state index contributed by atoms with van der Waals surface area (Å²) in [6.07, 6.45) is 0.781. The van der Waals surface area contributed by atoms with E-state index in [1.807, 2.05) is 0 Å². The van der Waals surface area contributed by atoms with Crippen molar-refractivity contribution in [2.24, 2.45) is 0 Å². The Kier molecular flexibility index (Phi) is 15.4. The van der Waals surface area contributed by atoms with E-state index in [-0.39, 0.29) is 5.41 Å². The molecule has 0 aliphatic heterocycles. The fourth-order valence-electron chi connectivity index (χ4n) is 22.4. The first-order valence-corrected chi connectivity index (χ1v) is 42.2. The molecular formula is C116H82N4. The summed E-state index contributed by atoms with van der Waals surface area (Å²) in [5, 5.41) is 4.96. The molecule has 4 aliphatic carbocycles. The average Bonchev–Trinajstić information content (AvgIpc) is 1.44. The molecule has 4 aliphatic rings. The highest BCUT2D eigenvalue weighted by Gasteiger charge is 2.56. The minimum Gasteiger partial charge on any atom is -0.310 e. The Balaban J connectivity index is 0.569. The van der Waals surface area contributed by atoms with Gasteiger partial charge in [-0.1, -0.05) is 330 Å². The van der Waals surface area contributed by atoms with E-state index in [0.29, 0.717) is 0 Å². The number of anilines is 6. The van der Waals surface area contributed by atoms with Gasteiger partial charge in [0, 0.05) is 77.8 Å². The Labute approximate surface area is 699 Å². The van der Waals surface area contributed by atoms with Crippen molar-refractivity contribution in [1.82, 2.24) is 9.13 Å². The van der Waals surface area contributed by atoms with Crippen LogP contribution < -0.4 is 9.80 Å². The topological polar surface area (TPSA) is 16.3 Å². The third kappa shape index (κ3) is 9.94. The molecule has 0 radical (unpaired) electrons. The molecule has 0 fully saturated rings. The summed E-state index contributed by atoms with van der Waals surface area (Å²) in [7, 11) is 0. The molecular weight excluding hydrogens is 1450 g/mol. The van der Waals surface area contributed by atoms with Gasteiger partial charge in [-0.05, 0) is 239 Å². The van der Waals surface area contributed by atoms with Crippen molar-refractivity contribution in [2.45, 2.75) is 48.9 Å². The summed E-state index contributed by atoms with van der Waals surface area (Å²) in [4.78, 5) is 4.92. The van der Waals surface area contributed by atoms with Crippen molar-refractivity contribution in [3.05, 3.63) is 503 Å². The van der Waals surface area contributed by atoms with Crippen LogP contribution in [0.1, 0.15) is 93.1 Å². The van der Waals surface area contributed by atoms with Gasteiger partial charge in [0.05, 0.1) is 38.6 Å². The summed E-state index contributed by atoms with van der Waals surface area (Å²) >= 11 is 0. The largest absolute Gasteiger partial charge is 0.310 e. The SMILES string of the molecule is CC1(C)c2ccccc2C2(c3ccccc3-c3cc(N(c4ccccc4)c4ccc(-c5ccc6c(c5)c5ccccc5n6-c5cccc(CC6(C)c7ccccc7C7(c8ccccc8-c8c(N(c9ccccc9)c9cccc(-c%10ccc(-n%11c%12ccccc%12c%12ccccc%12%11)cc%10)c9)cccc87)c7ccccc76)c5)cc4)ccc32)c2ccccc21. The van der Waals surface area contributed by atoms with Crippen LogP contribution in [0.2, 0.25) is 0 Å². The highest BCUT2D eigenvalue weighted by molar-refractivity contribution is 6.12. The minimum atomic E-state index is -0.637. The average molecular weight is 1530 g/mol. The molecule has 0 bridgehead atoms. The van der Waals surface area contributed by atoms with Crippen molar-refractivity contribution in [3.8, 4) is 55.9 Å². The Hall–Kier alpha value is -14.8. The monoisotopic (exact) mass is 1530 g/mol. The molecule has 0 amide bonds. The number of aromatic nitrogens is 2. The van der Waals surface area contributed by atoms with Crippen LogP contribution in [0.25, 0.3) is 99.5 Å². The highest BCUT2D eigenvalue weighted by Crippen LogP contribution is 2.66. The van der Waals surface area contributed by atoms with Crippen LogP contribution in [0.3, 0.4) is 0 Å². The van der Waals surface area contributed by atoms with Crippen LogP contribution in [0.4, 0.5) is 34.1 Å². The standard InChI is InChI=1S/C116H82N4/c1-113(2)98-46-17-21-50-102(98)115(103-51-22-18-47-99(103)113)95-44-15-10-39-88(95)93-74-87(68-69-97(93)115)117(81-33-6-4-7-34-81)83-64-59-78(60-65-83)80-63-70-110-94(73-80)91-42-14-27-57-109(91)120(110)85-37-28-31-76(71-85)75-114(3)100-48-19-23-52-104(100)116(105-53-24-20-49-101(105)114)96-45-16-11-43-92(96)112-106(116)54-30-58-111(112)118(82-35-8-5-9-36-82)86-38-29-32-79(72-86)77-61-66-84(67-62-77)119-107-55-25-12-40-89(107)90-41-13-26-56-108(90)119/h4-74H,75H2,1-3H3. The molecule has 120 heavy (non-hydrogen) atoms. The molecule has 566 valence electrons. The molecule has 0 saturated heterocycles. The predicted octanol–water partition coefficient (Wildman–Crippen LogP) is 29.4. The number of para-hydroxylation sites is 5. The maximum absolute atomic E-state index is 2.51. The maximum atomic E-state index is 2.51. The van der Waals surface area contributed by atoms with Crippen molar-refractivity contribution in [2.75, 3.05) is 9.80 Å². The normalized spacial score (nSPS) is 15.1. The zero-order valence-corrected chi connectivity index (χ0v) is 67.0. The maximum Gasteiger partial charge on any atom is 0.0720 e. The van der Waals surface area contributed by atoms with Gasteiger partial charge in [-0.2, -0.15) is 0 Å². The quantitative estimate of drug-likeness (QED) is 0.121. The van der Waals surface area contributed by atoms with Crippen LogP contribution in [-0.4, -0.2) is 9.13 Å². The van der Waals surface area contributed by atoms with Gasteiger partial charge in [-0.25, -0.2) is 0 Å². The fourth-order valence-corrected chi connectivity index (χ4v) is 22.4. The van der Waals surface area contributed by atoms with Crippen LogP contribution in [0, 0.1) is 0 Å². The lowest BCUT2D eigenvalue weighted by molar-refractivity contribution is 0.514. The minimum absolute atomic E-state index is 0.164. The molecule has 0 unspecified atom stereocenters. The van der Waals surface area contributed by atoms with E-state index in [0.717, 1.165) is 68.6 Å². The Morgan fingerprint density at radius 2 is 0.625 bits per heavy atom. The number of fused-ring (bicyclic) bond motifs is 24. The fraction of sp³-hybridized carbons (Fsp3) is 0.0690. The Bertz CT molecular complexity index is 7410. The predicted molar refractivity (Wildman–Crippen MR) is 499 cm³/mol. The third-order valence-corrected chi connectivity index (χ3v) is 27.5. The second-order valence-corrected chi connectivity index (χ2v) is 33.9. The van der Waals surface area contributed by atoms with E-state index < -0.39 is 16.2 Å². The highest BCUT2D eigenvalue weighted by atomic mass is 15.2. The van der Waals surface area contributed by atoms with Gasteiger partial charge in [0.2, 0.25) is 0 Å². The van der Waals surface area contributed by atoms with E-state index in [1.54, 1.807) is 0 Å². The number of benzene rings is 18. The molecule has 0 atom stereocenters. The molecule has 4 heteroatoms. The van der Waals surface area contributed by atoms with Gasteiger partial charge < -0.3 is 18.9 Å². The van der Waals surface area contributed by atoms with Gasteiger partial charge in [-0.3, -0.25) is 0 Å². The van der Waals surface area contributed by atoms with Gasteiger partial charge in [0.25, 0.3) is 0 Å². The number of rotatable bonds is 12. The van der Waals surface area contributed by atoms with Crippen molar-refractivity contribution < 1.29 is 0 Å². The van der Waals surface area contributed by atoms with E-state index in [2.05, 4.69) is 470 Å². The van der Waals surface area contributed by atoms with E-state index >= 15 is 0 Å². The van der Waals surface area contributed by atoms with Crippen molar-refractivity contribution >= 4 is 77.7 Å². The molecule has 2 aromatic heterocycles. The van der Waals surface area contributed by atoms with Crippen LogP contribution in [0.5, 0.6) is 0 Å². The lowest BCUT2D eigenvalue weighted by atomic mass is 9.54. The number of nitrogens with zero attached hydrogens (tertiary/aromatic N) is 4. The second-order valence-electron chi connectivity index (χ2n) is 33.9. The Morgan fingerprint density at radius 3 is 1.24 bits per heavy atom. The molecule has 0 saturated carbocycles. The summed E-state index contributed by atoms with van der Waals surface area (Å²) in [5.74, 6) is 0. The number of hydrogen-bond donors (Lipinski definition) is 0. The van der Waals surface area contributed by atoms with Crippen molar-refractivity contribution in [3.63, 3.8) is 0 Å². The lowest BCUT2D eigenvalue weighted by Crippen LogP contribution is -2.43. The first kappa shape index (κ1) is 69.5.